The standard InChI is InChI=1S/C22H26N2O3/c1-16-4-3-5-19(17(16)2)23-10-12-24(13-11-23)22(25)9-7-18-6-8-20-21(14-18)27-15-26-20/h3-6,8,14H,7,9-13,15H2,1-2H3. The number of carbonyl (C=O) groups is 1. The number of benzene rings is 2. The summed E-state index contributed by atoms with van der Waals surface area (Å²) in [5.74, 6) is 1.79. The average molecular weight is 366 g/mol. The predicted molar refractivity (Wildman–Crippen MR) is 106 cm³/mol. The number of rotatable bonds is 4. The van der Waals surface area contributed by atoms with Crippen molar-refractivity contribution in [2.45, 2.75) is 26.7 Å². The van der Waals surface area contributed by atoms with Crippen LogP contribution in [-0.4, -0.2) is 43.8 Å². The van der Waals surface area contributed by atoms with E-state index in [0.29, 0.717) is 6.42 Å². The highest BCUT2D eigenvalue weighted by molar-refractivity contribution is 5.77. The SMILES string of the molecule is Cc1cccc(N2CCN(C(=O)CCc3ccc4c(c3)OCO4)CC2)c1C. The number of fused-ring (bicyclic) bond motifs is 1. The number of piperazine rings is 1. The van der Waals surface area contributed by atoms with Gasteiger partial charge in [0.15, 0.2) is 11.5 Å². The molecule has 27 heavy (non-hydrogen) atoms. The Balaban J connectivity index is 1.30. The van der Waals surface area contributed by atoms with E-state index in [2.05, 4.69) is 36.9 Å². The third-order valence-corrected chi connectivity index (χ3v) is 5.61. The van der Waals surface area contributed by atoms with E-state index in [0.717, 1.165) is 49.7 Å². The first-order valence-corrected chi connectivity index (χ1v) is 9.59. The van der Waals surface area contributed by atoms with E-state index in [1.165, 1.54) is 16.8 Å². The summed E-state index contributed by atoms with van der Waals surface area (Å²) < 4.78 is 10.7. The summed E-state index contributed by atoms with van der Waals surface area (Å²) in [6.45, 7) is 7.95. The maximum atomic E-state index is 12.6. The van der Waals surface area contributed by atoms with E-state index in [1.54, 1.807) is 0 Å². The first kappa shape index (κ1) is 17.7. The van der Waals surface area contributed by atoms with Crippen LogP contribution in [0.15, 0.2) is 36.4 Å². The molecule has 2 aromatic carbocycles. The van der Waals surface area contributed by atoms with Crippen LogP contribution in [0.5, 0.6) is 11.5 Å². The summed E-state index contributed by atoms with van der Waals surface area (Å²) in [7, 11) is 0. The molecule has 0 spiro atoms. The highest BCUT2D eigenvalue weighted by Gasteiger charge is 2.22. The van der Waals surface area contributed by atoms with E-state index < -0.39 is 0 Å². The minimum absolute atomic E-state index is 0.230. The Bertz CT molecular complexity index is 841. The summed E-state index contributed by atoms with van der Waals surface area (Å²) in [6, 6.07) is 12.4. The van der Waals surface area contributed by atoms with Crippen LogP contribution in [0.2, 0.25) is 0 Å². The molecule has 1 saturated heterocycles. The second-order valence-electron chi connectivity index (χ2n) is 7.27. The molecule has 0 radical (unpaired) electrons. The Morgan fingerprint density at radius 1 is 1.00 bits per heavy atom. The monoisotopic (exact) mass is 366 g/mol. The zero-order chi connectivity index (χ0) is 18.8. The summed E-state index contributed by atoms with van der Waals surface area (Å²) in [4.78, 5) is 17.0. The number of ether oxygens (including phenoxy) is 2. The van der Waals surface area contributed by atoms with Gasteiger partial charge in [0.05, 0.1) is 0 Å². The molecule has 4 rings (SSSR count). The quantitative estimate of drug-likeness (QED) is 0.833. The number of carbonyl (C=O) groups excluding carboxylic acids is 1. The third-order valence-electron chi connectivity index (χ3n) is 5.61. The number of amides is 1. The lowest BCUT2D eigenvalue weighted by Crippen LogP contribution is -2.49. The van der Waals surface area contributed by atoms with Crippen LogP contribution in [0.1, 0.15) is 23.1 Å². The Kier molecular flexibility index (Phi) is 4.92. The molecule has 0 atom stereocenters. The van der Waals surface area contributed by atoms with Crippen molar-refractivity contribution in [3.05, 3.63) is 53.1 Å². The Morgan fingerprint density at radius 2 is 1.78 bits per heavy atom. The molecule has 0 unspecified atom stereocenters. The number of hydrogen-bond acceptors (Lipinski definition) is 4. The molecule has 5 heteroatoms. The molecular weight excluding hydrogens is 340 g/mol. The van der Waals surface area contributed by atoms with Crippen LogP contribution in [0, 0.1) is 13.8 Å². The van der Waals surface area contributed by atoms with E-state index in [1.807, 2.05) is 23.1 Å². The molecule has 1 amide bonds. The lowest BCUT2D eigenvalue weighted by molar-refractivity contribution is -0.131. The topological polar surface area (TPSA) is 42.0 Å². The normalized spacial score (nSPS) is 15.9. The van der Waals surface area contributed by atoms with Crippen LogP contribution < -0.4 is 14.4 Å². The van der Waals surface area contributed by atoms with E-state index in [4.69, 9.17) is 9.47 Å². The number of nitrogens with zero attached hydrogens (tertiary/aromatic N) is 2. The first-order valence-electron chi connectivity index (χ1n) is 9.59. The second kappa shape index (κ2) is 7.51. The first-order chi connectivity index (χ1) is 13.1. The smallest absolute Gasteiger partial charge is 0.231 e. The van der Waals surface area contributed by atoms with Gasteiger partial charge in [-0.1, -0.05) is 18.2 Å². The molecule has 0 saturated carbocycles. The fourth-order valence-electron chi connectivity index (χ4n) is 3.78. The van der Waals surface area contributed by atoms with Crippen LogP contribution >= 0.6 is 0 Å². The molecular formula is C22H26N2O3. The summed E-state index contributed by atoms with van der Waals surface area (Å²) in [5, 5.41) is 0. The number of hydrogen-bond donors (Lipinski definition) is 0. The Labute approximate surface area is 160 Å². The minimum Gasteiger partial charge on any atom is -0.454 e. The molecule has 2 heterocycles. The van der Waals surface area contributed by atoms with Gasteiger partial charge in [0.25, 0.3) is 0 Å². The maximum Gasteiger partial charge on any atom is 0.231 e. The van der Waals surface area contributed by atoms with Crippen molar-refractivity contribution >= 4 is 11.6 Å². The van der Waals surface area contributed by atoms with Crippen LogP contribution in [0.4, 0.5) is 5.69 Å². The predicted octanol–water partition coefficient (Wildman–Crippen LogP) is 3.31. The summed E-state index contributed by atoms with van der Waals surface area (Å²) in [6.07, 6.45) is 1.26. The third kappa shape index (κ3) is 3.72. The van der Waals surface area contributed by atoms with Crippen molar-refractivity contribution in [2.24, 2.45) is 0 Å². The zero-order valence-corrected chi connectivity index (χ0v) is 16.0. The highest BCUT2D eigenvalue weighted by atomic mass is 16.7. The largest absolute Gasteiger partial charge is 0.454 e. The summed E-state index contributed by atoms with van der Waals surface area (Å²) in [5.41, 5.74) is 5.05. The van der Waals surface area contributed by atoms with Crippen LogP contribution in [0.25, 0.3) is 0 Å². The van der Waals surface area contributed by atoms with Crippen molar-refractivity contribution in [2.75, 3.05) is 37.9 Å². The van der Waals surface area contributed by atoms with Crippen molar-refractivity contribution in [3.8, 4) is 11.5 Å². The molecule has 0 N–H and O–H groups in total. The molecule has 5 nitrogen and oxygen atoms in total. The van der Waals surface area contributed by atoms with Gasteiger partial charge in [0.2, 0.25) is 12.7 Å². The molecule has 0 aliphatic carbocycles. The zero-order valence-electron chi connectivity index (χ0n) is 16.0. The van der Waals surface area contributed by atoms with Gasteiger partial charge in [-0.05, 0) is 55.2 Å². The van der Waals surface area contributed by atoms with Gasteiger partial charge in [0, 0.05) is 38.3 Å². The van der Waals surface area contributed by atoms with Gasteiger partial charge in [-0.15, -0.1) is 0 Å². The fraction of sp³-hybridized carbons (Fsp3) is 0.409. The highest BCUT2D eigenvalue weighted by Crippen LogP contribution is 2.32. The Morgan fingerprint density at radius 3 is 2.59 bits per heavy atom. The van der Waals surface area contributed by atoms with Crippen molar-refractivity contribution in [1.29, 1.82) is 0 Å². The van der Waals surface area contributed by atoms with Gasteiger partial charge < -0.3 is 19.3 Å². The van der Waals surface area contributed by atoms with Gasteiger partial charge in [-0.2, -0.15) is 0 Å². The molecule has 0 bridgehead atoms. The van der Waals surface area contributed by atoms with Crippen LogP contribution in [-0.2, 0) is 11.2 Å². The molecule has 2 aliphatic heterocycles. The van der Waals surface area contributed by atoms with E-state index in [9.17, 15) is 4.79 Å². The van der Waals surface area contributed by atoms with Crippen molar-refractivity contribution in [1.82, 2.24) is 4.90 Å². The van der Waals surface area contributed by atoms with E-state index >= 15 is 0 Å². The van der Waals surface area contributed by atoms with Crippen molar-refractivity contribution < 1.29 is 14.3 Å². The summed E-state index contributed by atoms with van der Waals surface area (Å²) >= 11 is 0. The molecule has 0 aromatic heterocycles. The molecule has 142 valence electrons. The molecule has 2 aliphatic rings. The van der Waals surface area contributed by atoms with Crippen LogP contribution in [0.3, 0.4) is 0 Å². The van der Waals surface area contributed by atoms with Gasteiger partial charge in [-0.25, -0.2) is 0 Å². The maximum absolute atomic E-state index is 12.6. The lowest BCUT2D eigenvalue weighted by Gasteiger charge is -2.37. The van der Waals surface area contributed by atoms with Gasteiger partial charge in [0.1, 0.15) is 0 Å². The van der Waals surface area contributed by atoms with Gasteiger partial charge >= 0.3 is 0 Å². The second-order valence-corrected chi connectivity index (χ2v) is 7.27. The van der Waals surface area contributed by atoms with Crippen molar-refractivity contribution in [3.63, 3.8) is 0 Å². The molecule has 1 fully saturated rings. The molecule has 2 aromatic rings. The fourth-order valence-corrected chi connectivity index (χ4v) is 3.78. The van der Waals surface area contributed by atoms with E-state index in [-0.39, 0.29) is 12.7 Å². The minimum atomic E-state index is 0.230. The number of anilines is 1. The lowest BCUT2D eigenvalue weighted by atomic mass is 10.1. The number of aryl methyl sites for hydroxylation is 2. The van der Waals surface area contributed by atoms with Gasteiger partial charge in [-0.3, -0.25) is 4.79 Å². The Hall–Kier alpha value is -2.69. The average Bonchev–Trinajstić information content (AvgIpc) is 3.16.